The van der Waals surface area contributed by atoms with E-state index in [1.807, 2.05) is 0 Å². The second-order valence-corrected chi connectivity index (χ2v) is 3.73. The van der Waals surface area contributed by atoms with E-state index in [2.05, 4.69) is 29.7 Å². The van der Waals surface area contributed by atoms with Crippen LogP contribution in [0.25, 0.3) is 0 Å². The van der Waals surface area contributed by atoms with Crippen molar-refractivity contribution in [3.63, 3.8) is 0 Å². The van der Waals surface area contributed by atoms with Gasteiger partial charge < -0.3 is 0 Å². The SMILES string of the molecule is C#CCC(NN)c1csc(C)c1. The van der Waals surface area contributed by atoms with Crippen molar-refractivity contribution in [3.05, 3.63) is 21.9 Å². The first-order chi connectivity index (χ1) is 5.77. The van der Waals surface area contributed by atoms with Crippen molar-refractivity contribution in [2.75, 3.05) is 0 Å². The average molecular weight is 180 g/mol. The van der Waals surface area contributed by atoms with E-state index in [4.69, 9.17) is 12.3 Å². The van der Waals surface area contributed by atoms with Crippen LogP contribution in [0.2, 0.25) is 0 Å². The van der Waals surface area contributed by atoms with Crippen LogP contribution in [0.1, 0.15) is 22.9 Å². The van der Waals surface area contributed by atoms with E-state index >= 15 is 0 Å². The van der Waals surface area contributed by atoms with Gasteiger partial charge in [0.1, 0.15) is 0 Å². The third-order valence-electron chi connectivity index (χ3n) is 1.68. The molecule has 3 N–H and O–H groups in total. The van der Waals surface area contributed by atoms with Gasteiger partial charge in [-0.15, -0.1) is 23.7 Å². The number of thiophene rings is 1. The maximum absolute atomic E-state index is 5.36. The van der Waals surface area contributed by atoms with Gasteiger partial charge >= 0.3 is 0 Å². The van der Waals surface area contributed by atoms with Gasteiger partial charge in [-0.1, -0.05) is 0 Å². The molecule has 0 spiro atoms. The van der Waals surface area contributed by atoms with E-state index in [9.17, 15) is 0 Å². The molecule has 0 aliphatic heterocycles. The van der Waals surface area contributed by atoms with Crippen molar-refractivity contribution in [2.45, 2.75) is 19.4 Å². The maximum Gasteiger partial charge on any atom is 0.0577 e. The van der Waals surface area contributed by atoms with Crippen LogP contribution >= 0.6 is 11.3 Å². The normalized spacial score (nSPS) is 12.4. The summed E-state index contributed by atoms with van der Waals surface area (Å²) in [6.07, 6.45) is 5.84. The van der Waals surface area contributed by atoms with Crippen LogP contribution in [-0.4, -0.2) is 0 Å². The van der Waals surface area contributed by atoms with Gasteiger partial charge in [0, 0.05) is 11.3 Å². The van der Waals surface area contributed by atoms with Crippen LogP contribution in [0, 0.1) is 19.3 Å². The molecule has 64 valence electrons. The number of nitrogens with two attached hydrogens (primary N) is 1. The van der Waals surface area contributed by atoms with E-state index in [0.29, 0.717) is 6.42 Å². The monoisotopic (exact) mass is 180 g/mol. The summed E-state index contributed by atoms with van der Waals surface area (Å²) in [7, 11) is 0. The second kappa shape index (κ2) is 4.27. The van der Waals surface area contributed by atoms with Crippen LogP contribution in [0.3, 0.4) is 0 Å². The molecule has 0 fully saturated rings. The zero-order valence-corrected chi connectivity index (χ0v) is 7.82. The Morgan fingerprint density at radius 3 is 3.00 bits per heavy atom. The zero-order chi connectivity index (χ0) is 8.97. The van der Waals surface area contributed by atoms with Crippen LogP contribution in [0.5, 0.6) is 0 Å². The number of aryl methyl sites for hydroxylation is 1. The number of hydrazine groups is 1. The Hall–Kier alpha value is -0.820. The molecule has 0 aromatic carbocycles. The highest BCUT2D eigenvalue weighted by Crippen LogP contribution is 2.21. The third-order valence-corrected chi connectivity index (χ3v) is 2.56. The highest BCUT2D eigenvalue weighted by molar-refractivity contribution is 7.10. The van der Waals surface area contributed by atoms with Gasteiger partial charge in [0.05, 0.1) is 6.04 Å². The number of hydrogen-bond acceptors (Lipinski definition) is 3. The summed E-state index contributed by atoms with van der Waals surface area (Å²) in [4.78, 5) is 1.28. The molecule has 0 saturated carbocycles. The Morgan fingerprint density at radius 1 is 1.83 bits per heavy atom. The van der Waals surface area contributed by atoms with Crippen molar-refractivity contribution < 1.29 is 0 Å². The first kappa shape index (κ1) is 9.27. The minimum Gasteiger partial charge on any atom is -0.271 e. The van der Waals surface area contributed by atoms with Gasteiger partial charge in [-0.05, 0) is 23.9 Å². The van der Waals surface area contributed by atoms with Gasteiger partial charge in [-0.3, -0.25) is 11.3 Å². The van der Waals surface area contributed by atoms with E-state index in [1.54, 1.807) is 11.3 Å². The Bertz CT molecular complexity index is 285. The molecule has 0 aliphatic rings. The molecule has 0 amide bonds. The van der Waals surface area contributed by atoms with Gasteiger partial charge in [0.25, 0.3) is 0 Å². The summed E-state index contributed by atoms with van der Waals surface area (Å²) >= 11 is 1.71. The number of hydrogen-bond donors (Lipinski definition) is 2. The summed E-state index contributed by atoms with van der Waals surface area (Å²) in [6.45, 7) is 2.07. The molecule has 1 aromatic heterocycles. The van der Waals surface area contributed by atoms with E-state index in [0.717, 1.165) is 0 Å². The number of nitrogens with one attached hydrogen (secondary N) is 1. The molecule has 12 heavy (non-hydrogen) atoms. The number of terminal acetylenes is 1. The fourth-order valence-electron chi connectivity index (χ4n) is 1.04. The topological polar surface area (TPSA) is 38.0 Å². The van der Waals surface area contributed by atoms with Gasteiger partial charge in [0.15, 0.2) is 0 Å². The van der Waals surface area contributed by atoms with E-state index in [-0.39, 0.29) is 6.04 Å². The standard InChI is InChI=1S/C9H12N2S/c1-3-4-9(11-10)8-5-7(2)12-6-8/h1,5-6,9,11H,4,10H2,2H3. The molecular weight excluding hydrogens is 168 g/mol. The van der Waals surface area contributed by atoms with Crippen LogP contribution in [-0.2, 0) is 0 Å². The summed E-state index contributed by atoms with van der Waals surface area (Å²) in [5.41, 5.74) is 3.88. The summed E-state index contributed by atoms with van der Waals surface area (Å²) in [5, 5.41) is 2.08. The van der Waals surface area contributed by atoms with Crippen LogP contribution in [0.15, 0.2) is 11.4 Å². The predicted molar refractivity (Wildman–Crippen MR) is 52.6 cm³/mol. The van der Waals surface area contributed by atoms with Gasteiger partial charge in [-0.2, -0.15) is 0 Å². The average Bonchev–Trinajstić information content (AvgIpc) is 2.47. The fraction of sp³-hybridized carbons (Fsp3) is 0.333. The largest absolute Gasteiger partial charge is 0.271 e. The highest BCUT2D eigenvalue weighted by atomic mass is 32.1. The molecule has 0 bridgehead atoms. The van der Waals surface area contributed by atoms with Gasteiger partial charge in [0.2, 0.25) is 0 Å². The molecule has 3 heteroatoms. The summed E-state index contributed by atoms with van der Waals surface area (Å²) in [5.74, 6) is 7.95. The molecule has 2 nitrogen and oxygen atoms in total. The van der Waals surface area contributed by atoms with Gasteiger partial charge in [-0.25, -0.2) is 0 Å². The Morgan fingerprint density at radius 2 is 2.58 bits per heavy atom. The lowest BCUT2D eigenvalue weighted by Gasteiger charge is -2.09. The van der Waals surface area contributed by atoms with Crippen molar-refractivity contribution in [3.8, 4) is 12.3 Å². The lowest BCUT2D eigenvalue weighted by Crippen LogP contribution is -2.27. The molecule has 1 heterocycles. The maximum atomic E-state index is 5.36. The third kappa shape index (κ3) is 2.08. The smallest absolute Gasteiger partial charge is 0.0577 e. The molecule has 0 saturated heterocycles. The molecule has 1 atom stereocenters. The molecule has 0 radical (unpaired) electrons. The van der Waals surface area contributed by atoms with Crippen molar-refractivity contribution in [1.82, 2.24) is 5.43 Å². The molecule has 1 unspecified atom stereocenters. The van der Waals surface area contributed by atoms with E-state index < -0.39 is 0 Å². The fourth-order valence-corrected chi connectivity index (χ4v) is 1.80. The summed E-state index contributed by atoms with van der Waals surface area (Å²) < 4.78 is 0. The second-order valence-electron chi connectivity index (χ2n) is 2.62. The summed E-state index contributed by atoms with van der Waals surface area (Å²) in [6, 6.07) is 2.20. The van der Waals surface area contributed by atoms with Crippen molar-refractivity contribution in [1.29, 1.82) is 0 Å². The Labute approximate surface area is 76.8 Å². The lowest BCUT2D eigenvalue weighted by molar-refractivity contribution is 0.569. The quantitative estimate of drug-likeness (QED) is 0.421. The first-order valence-corrected chi connectivity index (χ1v) is 4.60. The van der Waals surface area contributed by atoms with Crippen molar-refractivity contribution in [2.24, 2.45) is 5.84 Å². The number of rotatable bonds is 3. The lowest BCUT2D eigenvalue weighted by atomic mass is 10.1. The van der Waals surface area contributed by atoms with Crippen LogP contribution < -0.4 is 11.3 Å². The van der Waals surface area contributed by atoms with Crippen LogP contribution in [0.4, 0.5) is 0 Å². The molecule has 1 rings (SSSR count). The minimum absolute atomic E-state index is 0.0972. The molecule has 1 aromatic rings. The minimum atomic E-state index is 0.0972. The molecule has 0 aliphatic carbocycles. The first-order valence-electron chi connectivity index (χ1n) is 3.72. The van der Waals surface area contributed by atoms with Crippen molar-refractivity contribution >= 4 is 11.3 Å². The Kier molecular flexibility index (Phi) is 3.30. The molecular formula is C9H12N2S. The predicted octanol–water partition coefficient (Wildman–Crippen LogP) is 1.58. The Balaban J connectivity index is 2.74. The highest BCUT2D eigenvalue weighted by Gasteiger charge is 2.08. The zero-order valence-electron chi connectivity index (χ0n) is 7.00. The van der Waals surface area contributed by atoms with E-state index in [1.165, 1.54) is 10.4 Å².